The molecule has 1 aromatic heterocycles. The van der Waals surface area contributed by atoms with Crippen LogP contribution in [0.1, 0.15) is 18.4 Å². The zero-order chi connectivity index (χ0) is 15.5. The fourth-order valence-electron chi connectivity index (χ4n) is 2.64. The number of benzene rings is 1. The van der Waals surface area contributed by atoms with Crippen LogP contribution in [0, 0.1) is 12.7 Å². The summed E-state index contributed by atoms with van der Waals surface area (Å²) in [6.07, 6.45) is 4.22. The highest BCUT2D eigenvalue weighted by molar-refractivity contribution is 5.77. The maximum atomic E-state index is 13.2. The summed E-state index contributed by atoms with van der Waals surface area (Å²) in [6, 6.07) is 4.41. The summed E-state index contributed by atoms with van der Waals surface area (Å²) in [5.41, 5.74) is 1.44. The third-order valence-corrected chi connectivity index (χ3v) is 3.82. The number of rotatable bonds is 2. The second-order valence-electron chi connectivity index (χ2n) is 5.41. The highest BCUT2D eigenvalue weighted by atomic mass is 19.1. The summed E-state index contributed by atoms with van der Waals surface area (Å²) in [7, 11) is 0. The van der Waals surface area contributed by atoms with Crippen LogP contribution in [0.2, 0.25) is 0 Å². The predicted octanol–water partition coefficient (Wildman–Crippen LogP) is 2.73. The van der Waals surface area contributed by atoms with E-state index in [0.717, 1.165) is 31.5 Å². The van der Waals surface area contributed by atoms with Gasteiger partial charge in [-0.3, -0.25) is 0 Å². The van der Waals surface area contributed by atoms with Gasteiger partial charge in [0, 0.05) is 18.0 Å². The predicted molar refractivity (Wildman–Crippen MR) is 80.1 cm³/mol. The van der Waals surface area contributed by atoms with Gasteiger partial charge >= 0.3 is 6.09 Å². The van der Waals surface area contributed by atoms with Crippen molar-refractivity contribution in [2.45, 2.75) is 25.9 Å². The highest BCUT2D eigenvalue weighted by Gasteiger charge is 2.21. The monoisotopic (exact) mass is 303 g/mol. The Morgan fingerprint density at radius 3 is 2.91 bits per heavy atom. The molecule has 0 spiro atoms. The number of imidazole rings is 1. The number of aromatic nitrogens is 2. The van der Waals surface area contributed by atoms with Crippen LogP contribution in [-0.2, 0) is 4.74 Å². The van der Waals surface area contributed by atoms with Crippen LogP contribution in [0.25, 0.3) is 11.4 Å². The number of hydrogen-bond donors (Lipinski definition) is 1. The number of halogens is 1. The minimum absolute atomic E-state index is 0.0710. The standard InChI is InChI=1S/C16H18FN3O2/c1-11-10-12(17)2-3-14(11)15-19-8-9-20(15)16(21)22-13-4-6-18-7-5-13/h2-3,8-10,13,18H,4-7H2,1H3. The van der Waals surface area contributed by atoms with Gasteiger partial charge in [0.1, 0.15) is 17.7 Å². The lowest BCUT2D eigenvalue weighted by Crippen LogP contribution is -2.34. The molecule has 1 aliphatic heterocycles. The van der Waals surface area contributed by atoms with E-state index in [0.29, 0.717) is 11.4 Å². The van der Waals surface area contributed by atoms with E-state index in [9.17, 15) is 9.18 Å². The Morgan fingerprint density at radius 2 is 2.18 bits per heavy atom. The molecule has 1 fully saturated rings. The average molecular weight is 303 g/mol. The van der Waals surface area contributed by atoms with Gasteiger partial charge in [0.15, 0.2) is 0 Å². The first kappa shape index (κ1) is 14.7. The molecule has 6 heteroatoms. The Hall–Kier alpha value is -2.21. The fraction of sp³-hybridized carbons (Fsp3) is 0.375. The van der Waals surface area contributed by atoms with E-state index in [1.807, 2.05) is 0 Å². The first-order chi connectivity index (χ1) is 10.6. The Balaban J connectivity index is 1.83. The number of aryl methyl sites for hydroxylation is 1. The van der Waals surface area contributed by atoms with Crippen molar-refractivity contribution in [1.82, 2.24) is 14.9 Å². The summed E-state index contributed by atoms with van der Waals surface area (Å²) in [4.78, 5) is 16.6. The van der Waals surface area contributed by atoms with E-state index in [-0.39, 0.29) is 11.9 Å². The van der Waals surface area contributed by atoms with Crippen LogP contribution in [-0.4, -0.2) is 34.8 Å². The van der Waals surface area contributed by atoms with Gasteiger partial charge < -0.3 is 10.1 Å². The Morgan fingerprint density at radius 1 is 1.41 bits per heavy atom. The number of hydrogen-bond acceptors (Lipinski definition) is 4. The van der Waals surface area contributed by atoms with Gasteiger partial charge in [-0.25, -0.2) is 18.7 Å². The van der Waals surface area contributed by atoms with Gasteiger partial charge in [0.2, 0.25) is 0 Å². The lowest BCUT2D eigenvalue weighted by atomic mass is 10.1. The summed E-state index contributed by atoms with van der Waals surface area (Å²) in [5, 5.41) is 3.23. The lowest BCUT2D eigenvalue weighted by Gasteiger charge is -2.23. The molecule has 5 nitrogen and oxygen atoms in total. The molecule has 2 heterocycles. The van der Waals surface area contributed by atoms with Crippen LogP contribution in [0.3, 0.4) is 0 Å². The molecule has 0 atom stereocenters. The largest absolute Gasteiger partial charge is 0.445 e. The molecule has 0 saturated carbocycles. The maximum Gasteiger partial charge on any atom is 0.420 e. The second kappa shape index (κ2) is 6.27. The Kier molecular flexibility index (Phi) is 4.20. The Bertz CT molecular complexity index is 678. The van der Waals surface area contributed by atoms with E-state index in [1.165, 1.54) is 16.7 Å². The number of nitrogens with one attached hydrogen (secondary N) is 1. The molecular weight excluding hydrogens is 285 g/mol. The van der Waals surface area contributed by atoms with Crippen molar-refractivity contribution in [2.24, 2.45) is 0 Å². The van der Waals surface area contributed by atoms with Crippen LogP contribution < -0.4 is 5.32 Å². The lowest BCUT2D eigenvalue weighted by molar-refractivity contribution is 0.0808. The van der Waals surface area contributed by atoms with Gasteiger partial charge in [-0.05, 0) is 56.6 Å². The molecule has 1 aromatic carbocycles. The molecule has 0 amide bonds. The molecular formula is C16H18FN3O2. The molecule has 0 aliphatic carbocycles. The van der Waals surface area contributed by atoms with Crippen molar-refractivity contribution in [3.05, 3.63) is 42.0 Å². The molecule has 0 radical (unpaired) electrons. The third-order valence-electron chi connectivity index (χ3n) is 3.82. The molecule has 22 heavy (non-hydrogen) atoms. The number of piperidine rings is 1. The third kappa shape index (κ3) is 3.01. The second-order valence-corrected chi connectivity index (χ2v) is 5.41. The van der Waals surface area contributed by atoms with E-state index >= 15 is 0 Å². The van der Waals surface area contributed by atoms with Crippen molar-refractivity contribution in [3.63, 3.8) is 0 Å². The van der Waals surface area contributed by atoms with Gasteiger partial charge in [0.25, 0.3) is 0 Å². The number of ether oxygens (including phenoxy) is 1. The summed E-state index contributed by atoms with van der Waals surface area (Å²) < 4.78 is 20.1. The first-order valence-corrected chi connectivity index (χ1v) is 7.37. The Labute approximate surface area is 128 Å². The molecule has 116 valence electrons. The van der Waals surface area contributed by atoms with Crippen LogP contribution >= 0.6 is 0 Å². The number of carbonyl (C=O) groups is 1. The van der Waals surface area contributed by atoms with Crippen LogP contribution in [0.15, 0.2) is 30.6 Å². The summed E-state index contributed by atoms with van der Waals surface area (Å²) >= 11 is 0. The summed E-state index contributed by atoms with van der Waals surface area (Å²) in [6.45, 7) is 3.49. The topological polar surface area (TPSA) is 56.2 Å². The molecule has 0 unspecified atom stereocenters. The highest BCUT2D eigenvalue weighted by Crippen LogP contribution is 2.23. The van der Waals surface area contributed by atoms with Gasteiger partial charge in [0.05, 0.1) is 0 Å². The van der Waals surface area contributed by atoms with Crippen molar-refractivity contribution >= 4 is 6.09 Å². The minimum Gasteiger partial charge on any atom is -0.445 e. The fourth-order valence-corrected chi connectivity index (χ4v) is 2.64. The van der Waals surface area contributed by atoms with E-state index in [4.69, 9.17) is 4.74 Å². The maximum absolute atomic E-state index is 13.2. The molecule has 2 aromatic rings. The SMILES string of the molecule is Cc1cc(F)ccc1-c1nccn1C(=O)OC1CCNCC1. The van der Waals surface area contributed by atoms with Crippen molar-refractivity contribution in [2.75, 3.05) is 13.1 Å². The van der Waals surface area contributed by atoms with Gasteiger partial charge in [-0.2, -0.15) is 0 Å². The van der Waals surface area contributed by atoms with Gasteiger partial charge in [-0.15, -0.1) is 0 Å². The number of nitrogens with zero attached hydrogens (tertiary/aromatic N) is 2. The minimum atomic E-state index is -0.442. The summed E-state index contributed by atoms with van der Waals surface area (Å²) in [5.74, 6) is 0.160. The average Bonchev–Trinajstić information content (AvgIpc) is 2.97. The normalized spacial score (nSPS) is 15.7. The zero-order valence-electron chi connectivity index (χ0n) is 12.4. The van der Waals surface area contributed by atoms with Crippen molar-refractivity contribution in [3.8, 4) is 11.4 Å². The van der Waals surface area contributed by atoms with Crippen LogP contribution in [0.4, 0.5) is 9.18 Å². The van der Waals surface area contributed by atoms with Crippen molar-refractivity contribution < 1.29 is 13.9 Å². The number of carbonyl (C=O) groups excluding carboxylic acids is 1. The van der Waals surface area contributed by atoms with E-state index in [2.05, 4.69) is 10.3 Å². The van der Waals surface area contributed by atoms with E-state index in [1.54, 1.807) is 25.4 Å². The molecule has 0 bridgehead atoms. The molecule has 1 aliphatic rings. The zero-order valence-corrected chi connectivity index (χ0v) is 12.4. The van der Waals surface area contributed by atoms with Crippen LogP contribution in [0.5, 0.6) is 0 Å². The molecule has 1 N–H and O–H groups in total. The smallest absolute Gasteiger partial charge is 0.420 e. The van der Waals surface area contributed by atoms with E-state index < -0.39 is 6.09 Å². The quantitative estimate of drug-likeness (QED) is 0.927. The molecule has 1 saturated heterocycles. The van der Waals surface area contributed by atoms with Crippen molar-refractivity contribution in [1.29, 1.82) is 0 Å². The van der Waals surface area contributed by atoms with Gasteiger partial charge in [-0.1, -0.05) is 0 Å². The first-order valence-electron chi connectivity index (χ1n) is 7.37. The molecule has 3 rings (SSSR count).